The Bertz CT molecular complexity index is 1170. The maximum atomic E-state index is 11.4. The Hall–Kier alpha value is -2.90. The molecule has 2 saturated heterocycles. The number of hydrogen-bond acceptors (Lipinski definition) is 5. The predicted molar refractivity (Wildman–Crippen MR) is 126 cm³/mol. The van der Waals surface area contributed by atoms with Crippen LogP contribution in [0.15, 0.2) is 36.7 Å². The smallest absolute Gasteiger partial charge is 0.354 e. The van der Waals surface area contributed by atoms with Crippen LogP contribution in [-0.4, -0.2) is 51.8 Å². The van der Waals surface area contributed by atoms with Crippen molar-refractivity contribution in [1.29, 1.82) is 0 Å². The van der Waals surface area contributed by atoms with E-state index in [4.69, 9.17) is 9.47 Å². The van der Waals surface area contributed by atoms with Gasteiger partial charge in [0.2, 0.25) is 0 Å². The first-order chi connectivity index (χ1) is 16.0. The number of carboxylic acids is 1. The average molecular weight is 450 g/mol. The van der Waals surface area contributed by atoms with Gasteiger partial charge in [-0.05, 0) is 68.9 Å². The summed E-state index contributed by atoms with van der Waals surface area (Å²) in [7, 11) is 1.73. The Morgan fingerprint density at radius 3 is 2.91 bits per heavy atom. The number of fused-ring (bicyclic) bond motifs is 3. The monoisotopic (exact) mass is 449 g/mol. The van der Waals surface area contributed by atoms with Gasteiger partial charge in [0.25, 0.3) is 0 Å². The van der Waals surface area contributed by atoms with Crippen molar-refractivity contribution in [1.82, 2.24) is 14.9 Å². The fraction of sp³-hybridized carbons (Fsp3) is 0.462. The zero-order valence-corrected chi connectivity index (χ0v) is 19.4. The van der Waals surface area contributed by atoms with Gasteiger partial charge in [0.05, 0.1) is 18.8 Å². The van der Waals surface area contributed by atoms with E-state index in [1.807, 2.05) is 19.2 Å². The van der Waals surface area contributed by atoms with E-state index in [0.29, 0.717) is 12.6 Å². The highest BCUT2D eigenvalue weighted by atomic mass is 16.5. The van der Waals surface area contributed by atoms with E-state index in [1.165, 1.54) is 10.9 Å². The van der Waals surface area contributed by atoms with Crippen LogP contribution in [-0.2, 0) is 16.8 Å². The largest absolute Gasteiger partial charge is 0.496 e. The molecule has 0 saturated carbocycles. The van der Waals surface area contributed by atoms with E-state index in [2.05, 4.69) is 33.9 Å². The van der Waals surface area contributed by atoms with Gasteiger partial charge in [-0.2, -0.15) is 0 Å². The summed E-state index contributed by atoms with van der Waals surface area (Å²) in [5.74, 6) is -0.101. The molecule has 5 rings (SSSR count). The van der Waals surface area contributed by atoms with Crippen molar-refractivity contribution in [2.24, 2.45) is 0 Å². The molecular weight excluding hydrogens is 418 g/mol. The zero-order chi connectivity index (χ0) is 23.2. The lowest BCUT2D eigenvalue weighted by molar-refractivity contribution is -0.0594. The number of benzene rings is 1. The number of methoxy groups -OCH3 is 1. The fourth-order valence-corrected chi connectivity index (χ4v) is 6.10. The van der Waals surface area contributed by atoms with E-state index < -0.39 is 5.97 Å². The molecular formula is C26H31N3O4. The van der Waals surface area contributed by atoms with Gasteiger partial charge in [-0.1, -0.05) is 6.07 Å². The summed E-state index contributed by atoms with van der Waals surface area (Å²) in [5.41, 5.74) is 4.38. The molecule has 3 aromatic rings. The number of carbonyl (C=O) groups is 1. The lowest BCUT2D eigenvalue weighted by Gasteiger charge is -2.48. The third-order valence-electron chi connectivity index (χ3n) is 7.56. The Morgan fingerprint density at radius 1 is 1.36 bits per heavy atom. The number of rotatable bonds is 7. The summed E-state index contributed by atoms with van der Waals surface area (Å²) >= 11 is 0. The van der Waals surface area contributed by atoms with Crippen molar-refractivity contribution in [3.05, 3.63) is 59.0 Å². The summed E-state index contributed by atoms with van der Waals surface area (Å²) in [6, 6.07) is 8.19. The lowest BCUT2D eigenvalue weighted by Crippen LogP contribution is -2.52. The Morgan fingerprint density at radius 2 is 2.21 bits per heavy atom. The third-order valence-corrected chi connectivity index (χ3v) is 7.56. The normalized spacial score (nSPS) is 24.9. The number of H-pyrrole nitrogens is 1. The molecule has 1 unspecified atom stereocenters. The topological polar surface area (TPSA) is 87.7 Å². The molecule has 3 atom stereocenters. The van der Waals surface area contributed by atoms with E-state index in [9.17, 15) is 9.90 Å². The molecule has 7 nitrogen and oxygen atoms in total. The number of ether oxygens (including phenoxy) is 2. The van der Waals surface area contributed by atoms with Gasteiger partial charge in [-0.3, -0.25) is 4.90 Å². The van der Waals surface area contributed by atoms with E-state index in [1.54, 1.807) is 19.4 Å². The molecule has 0 aliphatic carbocycles. The summed E-state index contributed by atoms with van der Waals surface area (Å²) in [5, 5.41) is 10.5. The number of aryl methyl sites for hydroxylation is 1. The minimum atomic E-state index is -1.00. The summed E-state index contributed by atoms with van der Waals surface area (Å²) in [6.07, 6.45) is 7.88. The van der Waals surface area contributed by atoms with Gasteiger partial charge in [0.1, 0.15) is 11.4 Å². The third kappa shape index (κ3) is 3.60. The highest BCUT2D eigenvalue weighted by Gasteiger charge is 2.53. The van der Waals surface area contributed by atoms with Crippen LogP contribution in [0.3, 0.4) is 0 Å². The van der Waals surface area contributed by atoms with Crippen LogP contribution >= 0.6 is 0 Å². The molecule has 2 bridgehead atoms. The first-order valence-corrected chi connectivity index (χ1v) is 11.7. The van der Waals surface area contributed by atoms with Crippen LogP contribution in [0.5, 0.6) is 5.75 Å². The molecule has 2 aliphatic rings. The van der Waals surface area contributed by atoms with Gasteiger partial charge in [0, 0.05) is 48.1 Å². The molecule has 4 heterocycles. The number of aromatic amines is 1. The van der Waals surface area contributed by atoms with Crippen LogP contribution in [0.1, 0.15) is 59.8 Å². The SMILES string of the molecule is CCO[C@H]1C[C@H]2CCC(c3ccc(C(=O)O)nc3)(C1)N2Cc1c(OC)cc(C)c2[nH]ccc12. The van der Waals surface area contributed by atoms with Crippen molar-refractivity contribution < 1.29 is 19.4 Å². The van der Waals surface area contributed by atoms with Gasteiger partial charge in [0.15, 0.2) is 0 Å². The molecule has 174 valence electrons. The fourth-order valence-electron chi connectivity index (χ4n) is 6.10. The second kappa shape index (κ2) is 8.47. The minimum absolute atomic E-state index is 0.0719. The number of piperidine rings is 1. The average Bonchev–Trinajstić information content (AvgIpc) is 3.38. The first kappa shape index (κ1) is 21.9. The number of aromatic carboxylic acids is 1. The molecule has 33 heavy (non-hydrogen) atoms. The second-order valence-electron chi connectivity index (χ2n) is 9.25. The van der Waals surface area contributed by atoms with Gasteiger partial charge in [-0.15, -0.1) is 0 Å². The highest BCUT2D eigenvalue weighted by molar-refractivity contribution is 5.88. The molecule has 0 radical (unpaired) electrons. The predicted octanol–water partition coefficient (Wildman–Crippen LogP) is 4.64. The van der Waals surface area contributed by atoms with Crippen molar-refractivity contribution in [2.75, 3.05) is 13.7 Å². The lowest BCUT2D eigenvalue weighted by atomic mass is 9.80. The van der Waals surface area contributed by atoms with Crippen molar-refractivity contribution in [2.45, 2.75) is 63.8 Å². The Kier molecular flexibility index (Phi) is 5.62. The van der Waals surface area contributed by atoms with Crippen LogP contribution in [0.25, 0.3) is 10.9 Å². The molecule has 0 spiro atoms. The number of nitrogens with one attached hydrogen (secondary N) is 1. The minimum Gasteiger partial charge on any atom is -0.496 e. The Balaban J connectivity index is 1.59. The molecule has 7 heteroatoms. The summed E-state index contributed by atoms with van der Waals surface area (Å²) in [4.78, 5) is 21.6. The quantitative estimate of drug-likeness (QED) is 0.547. The molecule has 0 amide bonds. The molecule has 2 aliphatic heterocycles. The number of aromatic nitrogens is 2. The van der Waals surface area contributed by atoms with Crippen molar-refractivity contribution in [3.8, 4) is 5.75 Å². The number of nitrogens with zero attached hydrogens (tertiary/aromatic N) is 2. The molecule has 2 aromatic heterocycles. The van der Waals surface area contributed by atoms with E-state index in [-0.39, 0.29) is 17.3 Å². The standard InChI is InChI=1S/C26H31N3O4/c1-4-33-19-12-18-7-9-26(13-19,17-5-6-22(25(30)31)28-14-17)29(18)15-21-20-8-10-27-24(20)16(2)11-23(21)32-3/h5-6,8,10-11,14,18-19,27H,4,7,9,12-13,15H2,1-3H3,(H,30,31)/t18-,19+,26?/m1/s1. The van der Waals surface area contributed by atoms with Crippen LogP contribution in [0.2, 0.25) is 0 Å². The van der Waals surface area contributed by atoms with Crippen molar-refractivity contribution >= 4 is 16.9 Å². The molecule has 2 N–H and O–H groups in total. The van der Waals surface area contributed by atoms with Crippen LogP contribution in [0.4, 0.5) is 0 Å². The highest BCUT2D eigenvalue weighted by Crippen LogP contribution is 2.52. The number of pyridine rings is 1. The number of carboxylic acid groups (broad SMARTS) is 1. The molecule has 1 aromatic carbocycles. The maximum absolute atomic E-state index is 11.4. The van der Waals surface area contributed by atoms with Gasteiger partial charge in [-0.25, -0.2) is 9.78 Å². The van der Waals surface area contributed by atoms with Crippen molar-refractivity contribution in [3.63, 3.8) is 0 Å². The van der Waals surface area contributed by atoms with Gasteiger partial charge >= 0.3 is 5.97 Å². The summed E-state index contributed by atoms with van der Waals surface area (Å²) < 4.78 is 12.0. The first-order valence-electron chi connectivity index (χ1n) is 11.7. The van der Waals surface area contributed by atoms with Crippen LogP contribution < -0.4 is 4.74 Å². The zero-order valence-electron chi connectivity index (χ0n) is 19.4. The summed E-state index contributed by atoms with van der Waals surface area (Å²) in [6.45, 7) is 5.59. The second-order valence-corrected chi connectivity index (χ2v) is 9.25. The molecule has 2 fully saturated rings. The van der Waals surface area contributed by atoms with Gasteiger partial charge < -0.3 is 19.6 Å². The van der Waals surface area contributed by atoms with E-state index in [0.717, 1.165) is 54.6 Å². The Labute approximate surface area is 193 Å². The van der Waals surface area contributed by atoms with Crippen LogP contribution in [0, 0.1) is 6.92 Å². The van der Waals surface area contributed by atoms with E-state index >= 15 is 0 Å². The number of hydrogen-bond donors (Lipinski definition) is 2. The maximum Gasteiger partial charge on any atom is 0.354 e.